The number of aliphatic hydroxyl groups is 1. The normalized spacial score (nSPS) is 27.1. The van der Waals surface area contributed by atoms with E-state index < -0.39 is 5.41 Å². The first-order valence-corrected chi connectivity index (χ1v) is 7.85. The van der Waals surface area contributed by atoms with Crippen LogP contribution in [-0.4, -0.2) is 61.9 Å². The number of hydrogen-bond donors (Lipinski definition) is 2. The predicted octanol–water partition coefficient (Wildman–Crippen LogP) is 0.766. The number of hydrogen-bond acceptors (Lipinski definition) is 4. The molecule has 5 heteroatoms. The molecule has 0 aliphatic carbocycles. The Balaban J connectivity index is 2.15. The second kappa shape index (κ2) is 7.38. The zero-order valence-electron chi connectivity index (χ0n) is 12.6. The first-order chi connectivity index (χ1) is 9.73. The van der Waals surface area contributed by atoms with E-state index in [2.05, 4.69) is 5.32 Å². The van der Waals surface area contributed by atoms with Gasteiger partial charge in [-0.2, -0.15) is 0 Å². The van der Waals surface area contributed by atoms with Crippen molar-refractivity contribution < 1.29 is 14.6 Å². The van der Waals surface area contributed by atoms with Crippen molar-refractivity contribution >= 4 is 5.91 Å². The van der Waals surface area contributed by atoms with E-state index in [4.69, 9.17) is 4.74 Å². The van der Waals surface area contributed by atoms with Crippen LogP contribution in [0.2, 0.25) is 0 Å². The Hall–Kier alpha value is -0.650. The van der Waals surface area contributed by atoms with Crippen LogP contribution in [0.4, 0.5) is 0 Å². The molecule has 2 rings (SSSR count). The van der Waals surface area contributed by atoms with E-state index in [-0.39, 0.29) is 18.6 Å². The summed E-state index contributed by atoms with van der Waals surface area (Å²) >= 11 is 0. The summed E-state index contributed by atoms with van der Waals surface area (Å²) in [5.41, 5.74) is -0.391. The molecule has 5 nitrogen and oxygen atoms in total. The molecule has 2 N–H and O–H groups in total. The third kappa shape index (κ3) is 3.32. The lowest BCUT2D eigenvalue weighted by molar-refractivity contribution is -0.151. The molecule has 0 saturated carbocycles. The summed E-state index contributed by atoms with van der Waals surface area (Å²) in [6.45, 7) is 3.08. The minimum atomic E-state index is -0.391. The number of rotatable bonds is 4. The first-order valence-electron chi connectivity index (χ1n) is 7.85. The van der Waals surface area contributed by atoms with Crippen LogP contribution in [0, 0.1) is 5.41 Å². The van der Waals surface area contributed by atoms with E-state index in [1.807, 2.05) is 4.90 Å². The van der Waals surface area contributed by atoms with Crippen molar-refractivity contribution in [3.8, 4) is 0 Å². The third-order valence-corrected chi connectivity index (χ3v) is 4.78. The zero-order chi connectivity index (χ0) is 14.4. The molecule has 0 aromatic carbocycles. The summed E-state index contributed by atoms with van der Waals surface area (Å²) < 4.78 is 5.36. The van der Waals surface area contributed by atoms with Crippen LogP contribution in [0.5, 0.6) is 0 Å². The second-order valence-electron chi connectivity index (χ2n) is 6.15. The Labute approximate surface area is 121 Å². The van der Waals surface area contributed by atoms with E-state index in [9.17, 15) is 9.90 Å². The molecule has 2 saturated heterocycles. The van der Waals surface area contributed by atoms with Crippen LogP contribution >= 0.6 is 0 Å². The van der Waals surface area contributed by atoms with Gasteiger partial charge < -0.3 is 20.1 Å². The van der Waals surface area contributed by atoms with Crippen LogP contribution in [0.25, 0.3) is 0 Å². The van der Waals surface area contributed by atoms with Crippen LogP contribution < -0.4 is 5.32 Å². The Morgan fingerprint density at radius 3 is 2.75 bits per heavy atom. The van der Waals surface area contributed by atoms with Gasteiger partial charge in [0.2, 0.25) is 5.91 Å². The molecule has 20 heavy (non-hydrogen) atoms. The number of carbonyl (C=O) groups is 1. The smallest absolute Gasteiger partial charge is 0.231 e. The highest BCUT2D eigenvalue weighted by Gasteiger charge is 2.43. The number of ether oxygens (including phenoxy) is 1. The monoisotopic (exact) mass is 284 g/mol. The topological polar surface area (TPSA) is 61.8 Å². The second-order valence-corrected chi connectivity index (χ2v) is 6.15. The fourth-order valence-electron chi connectivity index (χ4n) is 3.54. The molecule has 0 radical (unpaired) electrons. The van der Waals surface area contributed by atoms with Crippen molar-refractivity contribution in [1.29, 1.82) is 0 Å². The Kier molecular flexibility index (Phi) is 5.81. The fraction of sp³-hybridized carbons (Fsp3) is 0.933. The number of aliphatic hydroxyl groups excluding tert-OH is 1. The lowest BCUT2D eigenvalue weighted by Gasteiger charge is -2.41. The maximum atomic E-state index is 13.1. The van der Waals surface area contributed by atoms with Gasteiger partial charge in [0.25, 0.3) is 0 Å². The Morgan fingerprint density at radius 2 is 2.10 bits per heavy atom. The van der Waals surface area contributed by atoms with E-state index in [1.54, 1.807) is 7.11 Å². The molecular weight excluding hydrogens is 256 g/mol. The lowest BCUT2D eigenvalue weighted by atomic mass is 9.78. The number of carbonyl (C=O) groups excluding carboxylic acids is 1. The highest BCUT2D eigenvalue weighted by Crippen LogP contribution is 2.33. The zero-order valence-corrected chi connectivity index (χ0v) is 12.6. The predicted molar refractivity (Wildman–Crippen MR) is 77.5 cm³/mol. The molecule has 1 atom stereocenters. The van der Waals surface area contributed by atoms with Crippen molar-refractivity contribution in [2.45, 2.75) is 44.6 Å². The number of piperidine rings is 1. The maximum absolute atomic E-state index is 13.1. The summed E-state index contributed by atoms with van der Waals surface area (Å²) in [6.07, 6.45) is 5.88. The molecule has 1 amide bonds. The van der Waals surface area contributed by atoms with Gasteiger partial charge in [-0.1, -0.05) is 12.8 Å². The number of likely N-dealkylation sites (tertiary alicyclic amines) is 1. The van der Waals surface area contributed by atoms with Crippen molar-refractivity contribution in [2.24, 2.45) is 5.41 Å². The summed E-state index contributed by atoms with van der Waals surface area (Å²) in [4.78, 5) is 15.0. The average Bonchev–Trinajstić information content (AvgIpc) is 2.72. The van der Waals surface area contributed by atoms with Gasteiger partial charge in [-0.05, 0) is 38.8 Å². The molecule has 2 aliphatic rings. The SMILES string of the molecule is COCC1(C(=O)N2CCCCCC2CO)CCNCC1. The van der Waals surface area contributed by atoms with Crippen molar-refractivity contribution in [2.75, 3.05) is 40.0 Å². The van der Waals surface area contributed by atoms with Gasteiger partial charge in [-0.15, -0.1) is 0 Å². The summed E-state index contributed by atoms with van der Waals surface area (Å²) in [7, 11) is 1.67. The van der Waals surface area contributed by atoms with Crippen LogP contribution in [0.15, 0.2) is 0 Å². The summed E-state index contributed by atoms with van der Waals surface area (Å²) in [5, 5.41) is 12.9. The first kappa shape index (κ1) is 15.7. The number of nitrogens with one attached hydrogen (secondary N) is 1. The van der Waals surface area contributed by atoms with Gasteiger partial charge in [-0.3, -0.25) is 4.79 Å². The van der Waals surface area contributed by atoms with Crippen LogP contribution in [0.1, 0.15) is 38.5 Å². The van der Waals surface area contributed by atoms with E-state index in [0.29, 0.717) is 6.61 Å². The van der Waals surface area contributed by atoms with Crippen molar-refractivity contribution in [3.63, 3.8) is 0 Å². The summed E-state index contributed by atoms with van der Waals surface area (Å²) in [5.74, 6) is 0.196. The molecule has 0 bridgehead atoms. The Bertz CT molecular complexity index is 311. The molecule has 2 heterocycles. The van der Waals surface area contributed by atoms with Crippen molar-refractivity contribution in [3.05, 3.63) is 0 Å². The lowest BCUT2D eigenvalue weighted by Crippen LogP contribution is -2.54. The van der Waals surface area contributed by atoms with Gasteiger partial charge in [0.15, 0.2) is 0 Å². The molecule has 116 valence electrons. The quantitative estimate of drug-likeness (QED) is 0.800. The van der Waals surface area contributed by atoms with Gasteiger partial charge in [0, 0.05) is 13.7 Å². The molecule has 0 spiro atoms. The standard InChI is InChI=1S/C15H28N2O3/c1-20-12-15(6-8-16-9-7-15)14(19)17-10-4-2-3-5-13(17)11-18/h13,16,18H,2-12H2,1H3. The highest BCUT2D eigenvalue weighted by molar-refractivity contribution is 5.83. The number of amides is 1. The van der Waals surface area contributed by atoms with Gasteiger partial charge in [0.1, 0.15) is 0 Å². The average molecular weight is 284 g/mol. The minimum Gasteiger partial charge on any atom is -0.394 e. The third-order valence-electron chi connectivity index (χ3n) is 4.78. The molecule has 1 unspecified atom stereocenters. The van der Waals surface area contributed by atoms with Gasteiger partial charge in [0.05, 0.1) is 24.7 Å². The number of nitrogens with zero attached hydrogens (tertiary/aromatic N) is 1. The molecule has 2 aliphatic heterocycles. The minimum absolute atomic E-state index is 0.00591. The molecular formula is C15H28N2O3. The van der Waals surface area contributed by atoms with E-state index in [0.717, 1.165) is 58.2 Å². The van der Waals surface area contributed by atoms with Gasteiger partial charge >= 0.3 is 0 Å². The van der Waals surface area contributed by atoms with Crippen LogP contribution in [0.3, 0.4) is 0 Å². The van der Waals surface area contributed by atoms with E-state index in [1.165, 1.54) is 0 Å². The van der Waals surface area contributed by atoms with Crippen LogP contribution in [-0.2, 0) is 9.53 Å². The van der Waals surface area contributed by atoms with E-state index >= 15 is 0 Å². The molecule has 0 aromatic rings. The van der Waals surface area contributed by atoms with Crippen molar-refractivity contribution in [1.82, 2.24) is 10.2 Å². The Morgan fingerprint density at radius 1 is 1.35 bits per heavy atom. The summed E-state index contributed by atoms with van der Waals surface area (Å²) in [6, 6.07) is -0.00591. The largest absolute Gasteiger partial charge is 0.394 e. The number of methoxy groups -OCH3 is 1. The molecule has 0 aromatic heterocycles. The maximum Gasteiger partial charge on any atom is 0.231 e. The van der Waals surface area contributed by atoms with Gasteiger partial charge in [-0.25, -0.2) is 0 Å². The fourth-order valence-corrected chi connectivity index (χ4v) is 3.54. The highest BCUT2D eigenvalue weighted by atomic mass is 16.5. The molecule has 2 fully saturated rings.